The lowest BCUT2D eigenvalue weighted by molar-refractivity contribution is -0.148. The maximum absolute atomic E-state index is 13.6. The number of rotatable bonds is 6. The Kier molecular flexibility index (Phi) is 7.78. The number of alkyl halides is 3. The molecule has 0 saturated carbocycles. The molecule has 190 valence electrons. The Hall–Kier alpha value is -2.89. The van der Waals surface area contributed by atoms with Crippen LogP contribution in [0.15, 0.2) is 18.3 Å². The Bertz CT molecular complexity index is 1030. The summed E-state index contributed by atoms with van der Waals surface area (Å²) in [7, 11) is 0. The van der Waals surface area contributed by atoms with Gasteiger partial charge >= 0.3 is 12.1 Å². The van der Waals surface area contributed by atoms with Gasteiger partial charge in [-0.2, -0.15) is 13.2 Å². The van der Waals surface area contributed by atoms with Crippen molar-refractivity contribution in [1.29, 1.82) is 0 Å². The second-order valence-electron chi connectivity index (χ2n) is 8.59. The molecule has 35 heavy (non-hydrogen) atoms. The molecule has 0 radical (unpaired) electrons. The van der Waals surface area contributed by atoms with Crippen LogP contribution in [0, 0.1) is 5.92 Å². The van der Waals surface area contributed by atoms with E-state index >= 15 is 0 Å². The monoisotopic (exact) mass is 511 g/mol. The number of ether oxygens (including phenoxy) is 1. The fourth-order valence-corrected chi connectivity index (χ4v) is 5.35. The van der Waals surface area contributed by atoms with Crippen LogP contribution in [0.4, 0.5) is 29.8 Å². The number of nitrogens with zero attached hydrogens (tertiary/aromatic N) is 4. The lowest BCUT2D eigenvalue weighted by atomic mass is 9.97. The summed E-state index contributed by atoms with van der Waals surface area (Å²) in [5.41, 5.74) is -0.865. The summed E-state index contributed by atoms with van der Waals surface area (Å²) in [6.07, 6.45) is 0.823. The van der Waals surface area contributed by atoms with Crippen molar-refractivity contribution in [3.63, 3.8) is 0 Å². The maximum Gasteiger partial charge on any atom is 0.435 e. The van der Waals surface area contributed by atoms with Gasteiger partial charge in [0.1, 0.15) is 10.7 Å². The molecule has 0 aliphatic carbocycles. The van der Waals surface area contributed by atoms with Gasteiger partial charge in [0.05, 0.1) is 24.4 Å². The van der Waals surface area contributed by atoms with Gasteiger partial charge in [-0.05, 0) is 51.2 Å². The summed E-state index contributed by atoms with van der Waals surface area (Å²) >= 11 is 0.768. The number of thiazole rings is 1. The molecule has 2 saturated heterocycles. The maximum atomic E-state index is 13.6. The minimum absolute atomic E-state index is 0.123. The van der Waals surface area contributed by atoms with E-state index in [0.717, 1.165) is 30.6 Å². The summed E-state index contributed by atoms with van der Waals surface area (Å²) in [4.78, 5) is 36.2. The lowest BCUT2D eigenvalue weighted by Gasteiger charge is -2.31. The first-order chi connectivity index (χ1) is 16.8. The molecule has 0 unspecified atom stereocenters. The molecular formula is C23H28F3N5O3S. The second-order valence-corrected chi connectivity index (χ2v) is 9.57. The van der Waals surface area contributed by atoms with E-state index in [1.54, 1.807) is 19.1 Å². The van der Waals surface area contributed by atoms with Crippen LogP contribution in [0.1, 0.15) is 54.4 Å². The Morgan fingerprint density at radius 2 is 1.83 bits per heavy atom. The van der Waals surface area contributed by atoms with Crippen molar-refractivity contribution >= 4 is 39.9 Å². The molecule has 2 aromatic heterocycles. The van der Waals surface area contributed by atoms with Crippen molar-refractivity contribution < 1.29 is 27.5 Å². The third kappa shape index (κ3) is 6.03. The second kappa shape index (κ2) is 10.8. The lowest BCUT2D eigenvalue weighted by Crippen LogP contribution is -2.37. The molecule has 12 heteroatoms. The molecule has 8 nitrogen and oxygen atoms in total. The third-order valence-corrected chi connectivity index (χ3v) is 7.28. The number of pyridine rings is 1. The van der Waals surface area contributed by atoms with Gasteiger partial charge in [0, 0.05) is 26.2 Å². The highest BCUT2D eigenvalue weighted by molar-refractivity contribution is 7.17. The summed E-state index contributed by atoms with van der Waals surface area (Å²) in [6.45, 7) is 4.68. The van der Waals surface area contributed by atoms with Gasteiger partial charge in [0.2, 0.25) is 0 Å². The van der Waals surface area contributed by atoms with E-state index in [9.17, 15) is 22.8 Å². The molecule has 1 N–H and O–H groups in total. The number of aromatic nitrogens is 2. The minimum Gasteiger partial charge on any atom is -0.466 e. The van der Waals surface area contributed by atoms with Crippen LogP contribution in [0.3, 0.4) is 0 Å². The number of esters is 1. The number of anilines is 3. The fraction of sp³-hybridized carbons (Fsp3) is 0.565. The van der Waals surface area contributed by atoms with E-state index in [1.165, 1.54) is 6.20 Å². The molecule has 0 aromatic carbocycles. The van der Waals surface area contributed by atoms with E-state index in [0.29, 0.717) is 57.1 Å². The Balaban J connectivity index is 1.41. The minimum atomic E-state index is -4.73. The van der Waals surface area contributed by atoms with Crippen molar-refractivity contribution in [2.24, 2.45) is 5.92 Å². The van der Waals surface area contributed by atoms with Crippen molar-refractivity contribution in [3.8, 4) is 0 Å². The zero-order valence-electron chi connectivity index (χ0n) is 19.4. The van der Waals surface area contributed by atoms with E-state index in [4.69, 9.17) is 4.74 Å². The number of carbonyl (C=O) groups is 2. The summed E-state index contributed by atoms with van der Waals surface area (Å²) in [6, 6.07) is 3.31. The first-order valence-corrected chi connectivity index (χ1v) is 12.6. The van der Waals surface area contributed by atoms with Crippen LogP contribution in [-0.4, -0.2) is 54.6 Å². The Morgan fingerprint density at radius 1 is 1.11 bits per heavy atom. The largest absolute Gasteiger partial charge is 0.466 e. The van der Waals surface area contributed by atoms with Crippen LogP contribution in [-0.2, 0) is 15.7 Å². The van der Waals surface area contributed by atoms with Crippen LogP contribution in [0.5, 0.6) is 0 Å². The molecule has 0 atom stereocenters. The predicted molar refractivity (Wildman–Crippen MR) is 127 cm³/mol. The van der Waals surface area contributed by atoms with Gasteiger partial charge in [0.15, 0.2) is 10.8 Å². The van der Waals surface area contributed by atoms with Crippen molar-refractivity contribution in [2.75, 3.05) is 47.9 Å². The van der Waals surface area contributed by atoms with Crippen molar-refractivity contribution in [2.45, 2.75) is 45.2 Å². The van der Waals surface area contributed by atoms with Crippen molar-refractivity contribution in [3.05, 3.63) is 28.9 Å². The predicted octanol–water partition coefficient (Wildman–Crippen LogP) is 4.58. The number of hydrogen-bond acceptors (Lipinski definition) is 8. The number of halogens is 3. The molecule has 2 aliphatic heterocycles. The van der Waals surface area contributed by atoms with E-state index < -0.39 is 22.7 Å². The molecule has 2 aliphatic rings. The molecule has 2 aromatic rings. The molecule has 4 rings (SSSR count). The summed E-state index contributed by atoms with van der Waals surface area (Å²) < 4.78 is 45.9. The highest BCUT2D eigenvalue weighted by Gasteiger charge is 2.40. The summed E-state index contributed by atoms with van der Waals surface area (Å²) in [5, 5.41) is 2.75. The Labute approximate surface area is 205 Å². The number of amides is 1. The van der Waals surface area contributed by atoms with Crippen molar-refractivity contribution in [1.82, 2.24) is 9.97 Å². The normalized spacial score (nSPS) is 17.4. The molecular weight excluding hydrogens is 483 g/mol. The van der Waals surface area contributed by atoms with Gasteiger partial charge in [-0.15, -0.1) is 0 Å². The van der Waals surface area contributed by atoms with E-state index in [-0.39, 0.29) is 17.0 Å². The van der Waals surface area contributed by atoms with Gasteiger partial charge in [-0.1, -0.05) is 11.3 Å². The standard InChI is InChI=1S/C23H28F3N5O3S/c1-2-34-21(33)15-8-12-30(13-9-15)17-7-6-16(14-27-17)28-20(32)18-19(23(24,25)26)29-22(35-18)31-10-4-3-5-11-31/h6-7,14-15H,2-5,8-13H2,1H3,(H,28,32). The smallest absolute Gasteiger partial charge is 0.435 e. The zero-order chi connectivity index (χ0) is 25.0. The SMILES string of the molecule is CCOC(=O)C1CCN(c2ccc(NC(=O)c3sc(N4CCCCC4)nc3C(F)(F)F)cn2)CC1. The average molecular weight is 512 g/mol. The highest BCUT2D eigenvalue weighted by atomic mass is 32.1. The zero-order valence-corrected chi connectivity index (χ0v) is 20.3. The summed E-state index contributed by atoms with van der Waals surface area (Å²) in [5.74, 6) is -0.487. The average Bonchev–Trinajstić information content (AvgIpc) is 3.32. The molecule has 2 fully saturated rings. The molecule has 1 amide bonds. The van der Waals surface area contributed by atoms with Crippen LogP contribution in [0.25, 0.3) is 0 Å². The number of carbonyl (C=O) groups excluding carboxylic acids is 2. The van der Waals surface area contributed by atoms with Gasteiger partial charge in [-0.3, -0.25) is 9.59 Å². The number of hydrogen-bond donors (Lipinski definition) is 1. The third-order valence-electron chi connectivity index (χ3n) is 6.16. The number of piperidine rings is 2. The van der Waals surface area contributed by atoms with E-state index in [1.807, 2.05) is 9.80 Å². The topological polar surface area (TPSA) is 87.7 Å². The highest BCUT2D eigenvalue weighted by Crippen LogP contribution is 2.38. The quantitative estimate of drug-likeness (QED) is 0.568. The Morgan fingerprint density at radius 3 is 2.43 bits per heavy atom. The molecule has 4 heterocycles. The fourth-order valence-electron chi connectivity index (χ4n) is 4.31. The van der Waals surface area contributed by atoms with Gasteiger partial charge in [0.25, 0.3) is 5.91 Å². The number of nitrogens with one attached hydrogen (secondary N) is 1. The van der Waals surface area contributed by atoms with E-state index in [2.05, 4.69) is 15.3 Å². The first kappa shape index (κ1) is 25.2. The van der Waals surface area contributed by atoms with Crippen LogP contribution >= 0.6 is 11.3 Å². The van der Waals surface area contributed by atoms with Crippen LogP contribution in [0.2, 0.25) is 0 Å². The molecule has 0 spiro atoms. The van der Waals surface area contributed by atoms with Gasteiger partial charge in [-0.25, -0.2) is 9.97 Å². The molecule has 0 bridgehead atoms. The van der Waals surface area contributed by atoms with Crippen LogP contribution < -0.4 is 15.1 Å². The van der Waals surface area contributed by atoms with Gasteiger partial charge < -0.3 is 19.9 Å². The first-order valence-electron chi connectivity index (χ1n) is 11.8.